The van der Waals surface area contributed by atoms with Crippen molar-refractivity contribution in [2.75, 3.05) is 5.32 Å². The van der Waals surface area contributed by atoms with E-state index in [1.54, 1.807) is 19.9 Å². The summed E-state index contributed by atoms with van der Waals surface area (Å²) in [6.07, 6.45) is 0. The van der Waals surface area contributed by atoms with Crippen LogP contribution in [0.1, 0.15) is 32.9 Å². The van der Waals surface area contributed by atoms with Crippen LogP contribution in [0.15, 0.2) is 18.2 Å². The van der Waals surface area contributed by atoms with E-state index >= 15 is 0 Å². The lowest BCUT2D eigenvalue weighted by molar-refractivity contribution is 0.102. The van der Waals surface area contributed by atoms with Gasteiger partial charge in [-0.25, -0.2) is 4.98 Å². The number of nitriles is 1. The van der Waals surface area contributed by atoms with E-state index < -0.39 is 0 Å². The van der Waals surface area contributed by atoms with E-state index in [2.05, 4.69) is 20.5 Å². The Balaban J connectivity index is 1.97. The average molecular weight is 340 g/mol. The summed E-state index contributed by atoms with van der Waals surface area (Å²) >= 11 is 6.01. The van der Waals surface area contributed by atoms with Gasteiger partial charge in [0, 0.05) is 11.1 Å². The Labute approximate surface area is 143 Å². The van der Waals surface area contributed by atoms with E-state index in [0.717, 1.165) is 16.6 Å². The van der Waals surface area contributed by atoms with E-state index in [9.17, 15) is 4.79 Å². The highest BCUT2D eigenvalue weighted by Crippen LogP contribution is 2.24. The Hall–Kier alpha value is -2.91. The molecule has 3 aromatic rings. The standard InChI is InChI=1S/C17H14ClN5O/c1-8-9(2)15(21-16(18)13(8)7-19)17(24)20-11-4-5-14-12(6-11)10(3)22-23-14/h4-6H,1-3H3,(H,20,24)(H,22,23). The molecule has 6 nitrogen and oxygen atoms in total. The van der Waals surface area contributed by atoms with Gasteiger partial charge in [0.2, 0.25) is 0 Å². The average Bonchev–Trinajstić information content (AvgIpc) is 2.92. The number of rotatable bonds is 2. The number of carbonyl (C=O) groups excluding carboxylic acids is 1. The molecule has 0 aliphatic heterocycles. The van der Waals surface area contributed by atoms with Crippen LogP contribution in [0.3, 0.4) is 0 Å². The van der Waals surface area contributed by atoms with E-state index in [1.165, 1.54) is 0 Å². The molecule has 2 N–H and O–H groups in total. The van der Waals surface area contributed by atoms with Crippen LogP contribution in [0, 0.1) is 32.1 Å². The normalized spacial score (nSPS) is 10.6. The first-order valence-electron chi connectivity index (χ1n) is 7.25. The lowest BCUT2D eigenvalue weighted by atomic mass is 10.0. The van der Waals surface area contributed by atoms with Crippen LogP contribution >= 0.6 is 11.6 Å². The molecule has 0 spiro atoms. The topological polar surface area (TPSA) is 94.5 Å². The molecule has 3 rings (SSSR count). The van der Waals surface area contributed by atoms with Crippen molar-refractivity contribution in [1.29, 1.82) is 5.26 Å². The van der Waals surface area contributed by atoms with Crippen LogP contribution in [-0.2, 0) is 0 Å². The second kappa shape index (κ2) is 5.95. The van der Waals surface area contributed by atoms with Crippen molar-refractivity contribution >= 4 is 34.1 Å². The molecule has 7 heteroatoms. The number of fused-ring (bicyclic) bond motifs is 1. The Morgan fingerprint density at radius 1 is 1.29 bits per heavy atom. The molecule has 0 bridgehead atoms. The van der Waals surface area contributed by atoms with Gasteiger partial charge in [0.05, 0.1) is 16.8 Å². The van der Waals surface area contributed by atoms with E-state index in [1.807, 2.05) is 25.1 Å². The summed E-state index contributed by atoms with van der Waals surface area (Å²) in [7, 11) is 0. The number of anilines is 1. The number of benzene rings is 1. The number of nitrogens with one attached hydrogen (secondary N) is 2. The van der Waals surface area contributed by atoms with E-state index in [-0.39, 0.29) is 16.8 Å². The van der Waals surface area contributed by atoms with Crippen molar-refractivity contribution in [3.63, 3.8) is 0 Å². The van der Waals surface area contributed by atoms with Gasteiger partial charge in [-0.1, -0.05) is 11.6 Å². The van der Waals surface area contributed by atoms with Gasteiger partial charge in [-0.15, -0.1) is 0 Å². The molecule has 120 valence electrons. The van der Waals surface area contributed by atoms with Crippen molar-refractivity contribution < 1.29 is 4.79 Å². The summed E-state index contributed by atoms with van der Waals surface area (Å²) in [5.74, 6) is -0.373. The number of carbonyl (C=O) groups is 1. The molecule has 0 unspecified atom stereocenters. The SMILES string of the molecule is Cc1c(C(=O)Nc2ccc3[nH]nc(C)c3c2)nc(Cl)c(C#N)c1C. The number of halogens is 1. The van der Waals surface area contributed by atoms with Gasteiger partial charge in [0.25, 0.3) is 5.91 Å². The van der Waals surface area contributed by atoms with Crippen molar-refractivity contribution in [3.05, 3.63) is 51.4 Å². The molecule has 0 aliphatic carbocycles. The van der Waals surface area contributed by atoms with Crippen LogP contribution < -0.4 is 5.32 Å². The van der Waals surface area contributed by atoms with Gasteiger partial charge in [-0.05, 0) is 50.1 Å². The predicted molar refractivity (Wildman–Crippen MR) is 92.2 cm³/mol. The fourth-order valence-electron chi connectivity index (χ4n) is 2.52. The minimum Gasteiger partial charge on any atom is -0.321 e. The summed E-state index contributed by atoms with van der Waals surface area (Å²) in [6.45, 7) is 5.39. The Morgan fingerprint density at radius 2 is 2.04 bits per heavy atom. The Kier molecular flexibility index (Phi) is 3.96. The molecule has 0 saturated carbocycles. The smallest absolute Gasteiger partial charge is 0.274 e. The molecule has 0 saturated heterocycles. The first kappa shape index (κ1) is 16.0. The fraction of sp³-hybridized carbons (Fsp3) is 0.176. The minimum absolute atomic E-state index is 0.0341. The lowest BCUT2D eigenvalue weighted by Crippen LogP contribution is -2.17. The summed E-state index contributed by atoms with van der Waals surface area (Å²) in [6, 6.07) is 7.49. The first-order valence-corrected chi connectivity index (χ1v) is 7.63. The number of hydrogen-bond acceptors (Lipinski definition) is 4. The number of amides is 1. The van der Waals surface area contributed by atoms with Gasteiger partial charge in [0.1, 0.15) is 16.9 Å². The minimum atomic E-state index is -0.373. The monoisotopic (exact) mass is 339 g/mol. The number of aromatic amines is 1. The largest absolute Gasteiger partial charge is 0.321 e. The van der Waals surface area contributed by atoms with Gasteiger partial charge in [-0.3, -0.25) is 9.89 Å². The third-order valence-electron chi connectivity index (χ3n) is 4.05. The highest BCUT2D eigenvalue weighted by Gasteiger charge is 2.18. The first-order chi connectivity index (χ1) is 11.4. The number of nitrogens with zero attached hydrogens (tertiary/aromatic N) is 3. The maximum absolute atomic E-state index is 12.6. The third-order valence-corrected chi connectivity index (χ3v) is 4.32. The zero-order valence-corrected chi connectivity index (χ0v) is 14.1. The van der Waals surface area contributed by atoms with Crippen LogP contribution in [-0.4, -0.2) is 21.1 Å². The maximum atomic E-state index is 12.6. The molecule has 0 radical (unpaired) electrons. The van der Waals surface area contributed by atoms with Crippen LogP contribution in [0.4, 0.5) is 5.69 Å². The summed E-state index contributed by atoms with van der Waals surface area (Å²) in [5.41, 5.74) is 4.18. The molecular weight excluding hydrogens is 326 g/mol. The van der Waals surface area contributed by atoms with E-state index in [4.69, 9.17) is 16.9 Å². The van der Waals surface area contributed by atoms with Crippen molar-refractivity contribution in [2.24, 2.45) is 0 Å². The molecule has 0 aliphatic rings. The van der Waals surface area contributed by atoms with E-state index in [0.29, 0.717) is 22.4 Å². The van der Waals surface area contributed by atoms with Crippen LogP contribution in [0.5, 0.6) is 0 Å². The second-order valence-corrected chi connectivity index (χ2v) is 5.87. The van der Waals surface area contributed by atoms with Gasteiger partial charge in [0.15, 0.2) is 0 Å². The zero-order valence-electron chi connectivity index (χ0n) is 13.4. The molecule has 2 heterocycles. The fourth-order valence-corrected chi connectivity index (χ4v) is 2.79. The van der Waals surface area contributed by atoms with Crippen molar-refractivity contribution in [1.82, 2.24) is 15.2 Å². The van der Waals surface area contributed by atoms with Crippen LogP contribution in [0.2, 0.25) is 5.15 Å². The molecule has 1 aromatic carbocycles. The quantitative estimate of drug-likeness (QED) is 0.696. The number of aromatic nitrogens is 3. The summed E-state index contributed by atoms with van der Waals surface area (Å²) in [5, 5.41) is 19.9. The molecule has 0 atom stereocenters. The van der Waals surface area contributed by atoms with Gasteiger partial charge < -0.3 is 5.32 Å². The lowest BCUT2D eigenvalue weighted by Gasteiger charge is -2.11. The summed E-state index contributed by atoms with van der Waals surface area (Å²) < 4.78 is 0. The predicted octanol–water partition coefficient (Wildman–Crippen LogP) is 3.66. The molecular formula is C17H14ClN5O. The highest BCUT2D eigenvalue weighted by atomic mass is 35.5. The highest BCUT2D eigenvalue weighted by molar-refractivity contribution is 6.31. The maximum Gasteiger partial charge on any atom is 0.274 e. The van der Waals surface area contributed by atoms with Crippen molar-refractivity contribution in [2.45, 2.75) is 20.8 Å². The van der Waals surface area contributed by atoms with Crippen LogP contribution in [0.25, 0.3) is 10.9 Å². The number of hydrogen-bond donors (Lipinski definition) is 2. The molecule has 2 aromatic heterocycles. The molecule has 0 fully saturated rings. The van der Waals surface area contributed by atoms with Gasteiger partial charge >= 0.3 is 0 Å². The van der Waals surface area contributed by atoms with Gasteiger partial charge in [-0.2, -0.15) is 10.4 Å². The zero-order chi connectivity index (χ0) is 17.4. The molecule has 24 heavy (non-hydrogen) atoms. The number of H-pyrrole nitrogens is 1. The van der Waals surface area contributed by atoms with Crippen molar-refractivity contribution in [3.8, 4) is 6.07 Å². The Morgan fingerprint density at radius 3 is 2.75 bits per heavy atom. The number of pyridine rings is 1. The molecule has 1 amide bonds. The number of aryl methyl sites for hydroxylation is 1. The third kappa shape index (κ3) is 2.59. The Bertz CT molecular complexity index is 1020. The second-order valence-electron chi connectivity index (χ2n) is 5.51. The summed E-state index contributed by atoms with van der Waals surface area (Å²) in [4.78, 5) is 16.6.